The van der Waals surface area contributed by atoms with Gasteiger partial charge in [0.25, 0.3) is 5.91 Å². The average molecular weight is 364 g/mol. The molecule has 0 radical (unpaired) electrons. The van der Waals surface area contributed by atoms with Gasteiger partial charge in [0.15, 0.2) is 11.7 Å². The van der Waals surface area contributed by atoms with Gasteiger partial charge < -0.3 is 10.1 Å². The van der Waals surface area contributed by atoms with Crippen molar-refractivity contribution in [3.05, 3.63) is 59.1 Å². The molecular formula is C17H18ClN3O2S. The Morgan fingerprint density at radius 2 is 1.75 bits per heavy atom. The molecule has 0 saturated carbocycles. The van der Waals surface area contributed by atoms with E-state index in [1.165, 1.54) is 5.56 Å². The number of rotatable bonds is 5. The van der Waals surface area contributed by atoms with Crippen molar-refractivity contribution in [1.29, 1.82) is 0 Å². The first-order valence-electron chi connectivity index (χ1n) is 7.40. The SMILES string of the molecule is CCc1ccc(NC(=S)NNC(=O)COc2ccc(Cl)cc2)cc1. The highest BCUT2D eigenvalue weighted by Crippen LogP contribution is 2.15. The van der Waals surface area contributed by atoms with Crippen molar-refractivity contribution in [3.63, 3.8) is 0 Å². The maximum Gasteiger partial charge on any atom is 0.276 e. The van der Waals surface area contributed by atoms with E-state index in [4.69, 9.17) is 28.6 Å². The van der Waals surface area contributed by atoms with Crippen molar-refractivity contribution in [2.75, 3.05) is 11.9 Å². The van der Waals surface area contributed by atoms with Gasteiger partial charge in [-0.25, -0.2) is 0 Å². The highest BCUT2D eigenvalue weighted by Gasteiger charge is 2.04. The minimum absolute atomic E-state index is 0.136. The summed E-state index contributed by atoms with van der Waals surface area (Å²) in [5.41, 5.74) is 7.17. The second-order valence-electron chi connectivity index (χ2n) is 4.92. The normalized spacial score (nSPS) is 9.92. The molecule has 1 amide bonds. The smallest absolute Gasteiger partial charge is 0.276 e. The lowest BCUT2D eigenvalue weighted by Gasteiger charge is -2.12. The maximum absolute atomic E-state index is 11.7. The first-order valence-corrected chi connectivity index (χ1v) is 8.18. The van der Waals surface area contributed by atoms with E-state index in [2.05, 4.69) is 23.1 Å². The molecule has 0 aliphatic rings. The van der Waals surface area contributed by atoms with Crippen LogP contribution in [-0.2, 0) is 11.2 Å². The molecule has 0 saturated heterocycles. The molecule has 0 aliphatic heterocycles. The molecule has 126 valence electrons. The summed E-state index contributed by atoms with van der Waals surface area (Å²) in [7, 11) is 0. The topological polar surface area (TPSA) is 62.4 Å². The Balaban J connectivity index is 1.70. The van der Waals surface area contributed by atoms with Crippen molar-refractivity contribution < 1.29 is 9.53 Å². The lowest BCUT2D eigenvalue weighted by Crippen LogP contribution is -2.45. The summed E-state index contributed by atoms with van der Waals surface area (Å²) in [5.74, 6) is 0.210. The number of halogens is 1. The standard InChI is InChI=1S/C17H18ClN3O2S/c1-2-12-3-7-14(8-4-12)19-17(24)21-20-16(22)11-23-15-9-5-13(18)6-10-15/h3-10H,2,11H2,1H3,(H,20,22)(H2,19,21,24). The number of amides is 1. The largest absolute Gasteiger partial charge is 0.484 e. The Kier molecular flexibility index (Phi) is 6.84. The van der Waals surface area contributed by atoms with Crippen LogP contribution in [0.2, 0.25) is 5.02 Å². The molecule has 0 unspecified atom stereocenters. The first kappa shape index (κ1) is 18.0. The van der Waals surface area contributed by atoms with Crippen LogP contribution in [0.15, 0.2) is 48.5 Å². The number of aryl methyl sites for hydroxylation is 1. The second kappa shape index (κ2) is 9.10. The minimum Gasteiger partial charge on any atom is -0.484 e. The van der Waals surface area contributed by atoms with Gasteiger partial charge in [0.05, 0.1) is 0 Å². The molecule has 0 heterocycles. The summed E-state index contributed by atoms with van der Waals surface area (Å²) in [6, 6.07) is 14.7. The molecular weight excluding hydrogens is 346 g/mol. The number of benzene rings is 2. The van der Waals surface area contributed by atoms with Crippen molar-refractivity contribution in [1.82, 2.24) is 10.9 Å². The first-order chi connectivity index (χ1) is 11.6. The second-order valence-corrected chi connectivity index (χ2v) is 5.77. The van der Waals surface area contributed by atoms with Crippen molar-refractivity contribution in [3.8, 4) is 5.75 Å². The van der Waals surface area contributed by atoms with Crippen LogP contribution in [0.25, 0.3) is 0 Å². The van der Waals surface area contributed by atoms with Gasteiger partial charge in [0, 0.05) is 10.7 Å². The zero-order valence-electron chi connectivity index (χ0n) is 13.1. The Labute approximate surface area is 151 Å². The van der Waals surface area contributed by atoms with E-state index in [0.29, 0.717) is 15.9 Å². The van der Waals surface area contributed by atoms with Gasteiger partial charge in [-0.1, -0.05) is 30.7 Å². The molecule has 2 aromatic carbocycles. The average Bonchev–Trinajstić information content (AvgIpc) is 2.60. The number of hydrogen-bond donors (Lipinski definition) is 3. The number of anilines is 1. The van der Waals surface area contributed by atoms with E-state index in [-0.39, 0.29) is 12.5 Å². The van der Waals surface area contributed by atoms with Crippen LogP contribution in [0.4, 0.5) is 5.69 Å². The highest BCUT2D eigenvalue weighted by atomic mass is 35.5. The molecule has 3 N–H and O–H groups in total. The van der Waals surface area contributed by atoms with Crippen LogP contribution in [0, 0.1) is 0 Å². The fourth-order valence-electron chi connectivity index (χ4n) is 1.83. The molecule has 0 aromatic heterocycles. The van der Waals surface area contributed by atoms with Gasteiger partial charge in [-0.2, -0.15) is 0 Å². The fourth-order valence-corrected chi connectivity index (χ4v) is 2.12. The summed E-state index contributed by atoms with van der Waals surface area (Å²) >= 11 is 10.9. The Morgan fingerprint density at radius 1 is 1.08 bits per heavy atom. The molecule has 7 heteroatoms. The minimum atomic E-state index is -0.351. The van der Waals surface area contributed by atoms with E-state index in [1.54, 1.807) is 24.3 Å². The Morgan fingerprint density at radius 3 is 2.38 bits per heavy atom. The zero-order chi connectivity index (χ0) is 17.4. The molecule has 0 spiro atoms. The summed E-state index contributed by atoms with van der Waals surface area (Å²) in [4.78, 5) is 11.7. The molecule has 0 fully saturated rings. The van der Waals surface area contributed by atoms with Gasteiger partial charge in [-0.05, 0) is 60.6 Å². The van der Waals surface area contributed by atoms with Gasteiger partial charge in [-0.15, -0.1) is 0 Å². The number of thiocarbonyl (C=S) groups is 1. The van der Waals surface area contributed by atoms with Crippen LogP contribution in [0.1, 0.15) is 12.5 Å². The lowest BCUT2D eigenvalue weighted by atomic mass is 10.1. The number of nitrogens with one attached hydrogen (secondary N) is 3. The van der Waals surface area contributed by atoms with Gasteiger partial charge >= 0.3 is 0 Å². The third-order valence-electron chi connectivity index (χ3n) is 3.12. The van der Waals surface area contributed by atoms with E-state index in [1.807, 2.05) is 24.3 Å². The Hall–Kier alpha value is -2.31. The molecule has 2 aromatic rings. The van der Waals surface area contributed by atoms with Crippen molar-refractivity contribution in [2.45, 2.75) is 13.3 Å². The van der Waals surface area contributed by atoms with E-state index in [0.717, 1.165) is 12.1 Å². The number of hydrazine groups is 1. The fraction of sp³-hybridized carbons (Fsp3) is 0.176. The molecule has 5 nitrogen and oxygen atoms in total. The van der Waals surface area contributed by atoms with E-state index >= 15 is 0 Å². The van der Waals surface area contributed by atoms with Crippen molar-refractivity contribution in [2.24, 2.45) is 0 Å². The van der Waals surface area contributed by atoms with Gasteiger partial charge in [-0.3, -0.25) is 15.6 Å². The summed E-state index contributed by atoms with van der Waals surface area (Å²) in [6.45, 7) is 1.96. The molecule has 2 rings (SSSR count). The van der Waals surface area contributed by atoms with Crippen LogP contribution in [-0.4, -0.2) is 17.6 Å². The van der Waals surface area contributed by atoms with Crippen LogP contribution in [0.3, 0.4) is 0 Å². The number of ether oxygens (including phenoxy) is 1. The summed E-state index contributed by atoms with van der Waals surface area (Å²) < 4.78 is 5.32. The molecule has 0 bridgehead atoms. The predicted molar refractivity (Wildman–Crippen MR) is 100 cm³/mol. The number of carbonyl (C=O) groups is 1. The highest BCUT2D eigenvalue weighted by molar-refractivity contribution is 7.80. The van der Waals surface area contributed by atoms with Crippen LogP contribution >= 0.6 is 23.8 Å². The van der Waals surface area contributed by atoms with E-state index in [9.17, 15) is 4.79 Å². The quantitative estimate of drug-likeness (QED) is 0.562. The maximum atomic E-state index is 11.7. The van der Waals surface area contributed by atoms with Crippen LogP contribution < -0.4 is 20.9 Å². The molecule has 24 heavy (non-hydrogen) atoms. The predicted octanol–water partition coefficient (Wildman–Crippen LogP) is 3.30. The monoisotopic (exact) mass is 363 g/mol. The lowest BCUT2D eigenvalue weighted by molar-refractivity contribution is -0.123. The number of carbonyl (C=O) groups excluding carboxylic acids is 1. The third-order valence-corrected chi connectivity index (χ3v) is 3.58. The summed E-state index contributed by atoms with van der Waals surface area (Å²) in [5, 5.41) is 3.88. The molecule has 0 aliphatic carbocycles. The van der Waals surface area contributed by atoms with Gasteiger partial charge in [0.1, 0.15) is 5.75 Å². The Bertz CT molecular complexity index is 690. The third kappa shape index (κ3) is 6.06. The number of hydrogen-bond acceptors (Lipinski definition) is 3. The zero-order valence-corrected chi connectivity index (χ0v) is 14.7. The summed E-state index contributed by atoms with van der Waals surface area (Å²) in [6.07, 6.45) is 0.979. The molecule has 0 atom stereocenters. The van der Waals surface area contributed by atoms with Crippen LogP contribution in [0.5, 0.6) is 5.75 Å². The van der Waals surface area contributed by atoms with Gasteiger partial charge in [0.2, 0.25) is 0 Å². The van der Waals surface area contributed by atoms with E-state index < -0.39 is 0 Å². The van der Waals surface area contributed by atoms with Crippen molar-refractivity contribution >= 4 is 40.5 Å².